The van der Waals surface area contributed by atoms with Gasteiger partial charge in [0, 0.05) is 27.5 Å². The van der Waals surface area contributed by atoms with E-state index in [0.29, 0.717) is 17.5 Å². The number of benzene rings is 8. The van der Waals surface area contributed by atoms with Crippen LogP contribution in [0.15, 0.2) is 168 Å². The van der Waals surface area contributed by atoms with E-state index in [1.165, 1.54) is 32.5 Å². The predicted molar refractivity (Wildman–Crippen MR) is 201 cm³/mol. The van der Waals surface area contributed by atoms with E-state index in [9.17, 15) is 0 Å². The number of furan rings is 1. The summed E-state index contributed by atoms with van der Waals surface area (Å²) in [4.78, 5) is 15.2. The molecule has 10 rings (SSSR count). The van der Waals surface area contributed by atoms with E-state index in [0.717, 1.165) is 49.6 Å². The van der Waals surface area contributed by atoms with Crippen molar-refractivity contribution in [2.75, 3.05) is 0 Å². The van der Waals surface area contributed by atoms with Crippen molar-refractivity contribution in [2.45, 2.75) is 0 Å². The molecular weight excluding hydrogens is 599 g/mol. The molecule has 0 aliphatic carbocycles. The lowest BCUT2D eigenvalue weighted by molar-refractivity contribution is 0.669. The van der Waals surface area contributed by atoms with Crippen molar-refractivity contribution in [3.8, 4) is 45.3 Å². The van der Waals surface area contributed by atoms with Gasteiger partial charge >= 0.3 is 0 Å². The van der Waals surface area contributed by atoms with Crippen molar-refractivity contribution in [3.63, 3.8) is 0 Å². The Morgan fingerprint density at radius 2 is 0.898 bits per heavy atom. The molecule has 2 heterocycles. The van der Waals surface area contributed by atoms with Gasteiger partial charge in [0.05, 0.1) is 0 Å². The van der Waals surface area contributed by atoms with Crippen LogP contribution in [0.25, 0.3) is 99.5 Å². The Hall–Kier alpha value is -6.65. The lowest BCUT2D eigenvalue weighted by atomic mass is 9.95. The summed E-state index contributed by atoms with van der Waals surface area (Å²) in [6.07, 6.45) is 0. The summed E-state index contributed by atoms with van der Waals surface area (Å²) in [5.41, 5.74) is 6.96. The third kappa shape index (κ3) is 4.49. The van der Waals surface area contributed by atoms with Gasteiger partial charge < -0.3 is 4.42 Å². The highest BCUT2D eigenvalue weighted by atomic mass is 16.3. The van der Waals surface area contributed by atoms with Gasteiger partial charge in [-0.25, -0.2) is 15.0 Å². The molecule has 4 nitrogen and oxygen atoms in total. The molecule has 10 aromatic rings. The van der Waals surface area contributed by atoms with E-state index in [-0.39, 0.29) is 0 Å². The minimum atomic E-state index is 0.637. The van der Waals surface area contributed by atoms with E-state index in [1.54, 1.807) is 0 Å². The second kappa shape index (κ2) is 11.0. The third-order valence-electron chi connectivity index (χ3n) is 9.55. The monoisotopic (exact) mass is 625 g/mol. The number of fused-ring (bicyclic) bond motifs is 8. The number of para-hydroxylation sites is 1. The van der Waals surface area contributed by atoms with Gasteiger partial charge in [0.2, 0.25) is 0 Å². The average Bonchev–Trinajstić information content (AvgIpc) is 3.57. The van der Waals surface area contributed by atoms with E-state index in [4.69, 9.17) is 19.4 Å². The summed E-state index contributed by atoms with van der Waals surface area (Å²) < 4.78 is 6.18. The molecule has 0 aliphatic heterocycles. The van der Waals surface area contributed by atoms with Crippen LogP contribution in [0.4, 0.5) is 0 Å². The molecule has 2 aromatic heterocycles. The molecule has 0 saturated heterocycles. The van der Waals surface area contributed by atoms with E-state index in [1.807, 2.05) is 42.5 Å². The largest absolute Gasteiger partial charge is 0.456 e. The van der Waals surface area contributed by atoms with Crippen molar-refractivity contribution in [3.05, 3.63) is 164 Å². The first-order valence-corrected chi connectivity index (χ1v) is 16.4. The van der Waals surface area contributed by atoms with Crippen molar-refractivity contribution in [1.82, 2.24) is 15.0 Å². The molecule has 8 aromatic carbocycles. The molecule has 0 atom stereocenters. The highest BCUT2D eigenvalue weighted by Crippen LogP contribution is 2.39. The maximum atomic E-state index is 6.18. The molecule has 0 spiro atoms. The van der Waals surface area contributed by atoms with Crippen molar-refractivity contribution in [2.24, 2.45) is 0 Å². The second-order valence-corrected chi connectivity index (χ2v) is 12.4. The maximum absolute atomic E-state index is 6.18. The van der Waals surface area contributed by atoms with E-state index in [2.05, 4.69) is 121 Å². The Labute approximate surface area is 282 Å². The SMILES string of the molecule is c1ccc(-c2nc(-c3ccc(-c4cccc5c4ccc4oc6ccccc6c45)cc3)nc(-c3cccc4c3ccc3ccccc34)n2)cc1. The summed E-state index contributed by atoms with van der Waals surface area (Å²) in [6.45, 7) is 0. The zero-order chi connectivity index (χ0) is 32.3. The summed E-state index contributed by atoms with van der Waals surface area (Å²) >= 11 is 0. The van der Waals surface area contributed by atoms with Gasteiger partial charge in [-0.1, -0.05) is 152 Å². The molecule has 0 saturated carbocycles. The fourth-order valence-corrected chi connectivity index (χ4v) is 7.21. The number of aromatic nitrogens is 3. The Morgan fingerprint density at radius 3 is 1.73 bits per heavy atom. The normalized spacial score (nSPS) is 11.7. The summed E-state index contributed by atoms with van der Waals surface area (Å²) in [7, 11) is 0. The van der Waals surface area contributed by atoms with Gasteiger partial charge in [0.25, 0.3) is 0 Å². The summed E-state index contributed by atoms with van der Waals surface area (Å²) in [6, 6.07) is 56.9. The number of hydrogen-bond donors (Lipinski definition) is 0. The molecule has 228 valence electrons. The van der Waals surface area contributed by atoms with E-state index < -0.39 is 0 Å². The number of hydrogen-bond acceptors (Lipinski definition) is 4. The molecule has 0 N–H and O–H groups in total. The molecule has 49 heavy (non-hydrogen) atoms. The quantitative estimate of drug-likeness (QED) is 0.183. The van der Waals surface area contributed by atoms with Crippen LogP contribution in [0.1, 0.15) is 0 Å². The van der Waals surface area contributed by atoms with Crippen molar-refractivity contribution >= 4 is 54.3 Å². The molecule has 0 fully saturated rings. The first-order chi connectivity index (χ1) is 24.3. The molecule has 0 unspecified atom stereocenters. The van der Waals surface area contributed by atoms with E-state index >= 15 is 0 Å². The number of rotatable bonds is 4. The zero-order valence-corrected chi connectivity index (χ0v) is 26.3. The molecule has 4 heteroatoms. The highest BCUT2D eigenvalue weighted by Gasteiger charge is 2.16. The third-order valence-corrected chi connectivity index (χ3v) is 9.55. The Morgan fingerprint density at radius 1 is 0.306 bits per heavy atom. The first kappa shape index (κ1) is 27.5. The number of nitrogens with zero attached hydrogens (tertiary/aromatic N) is 3. The Kier molecular flexibility index (Phi) is 6.15. The molecular formula is C45H27N3O. The topological polar surface area (TPSA) is 51.8 Å². The summed E-state index contributed by atoms with van der Waals surface area (Å²) in [5, 5.41) is 9.37. The molecule has 0 radical (unpaired) electrons. The minimum absolute atomic E-state index is 0.637. The smallest absolute Gasteiger partial charge is 0.164 e. The highest BCUT2D eigenvalue weighted by molar-refractivity contribution is 6.21. The van der Waals surface area contributed by atoms with Crippen LogP contribution in [0, 0.1) is 0 Å². The van der Waals surface area contributed by atoms with Gasteiger partial charge in [0.1, 0.15) is 11.2 Å². The average molecular weight is 626 g/mol. The first-order valence-electron chi connectivity index (χ1n) is 16.4. The molecule has 0 aliphatic rings. The van der Waals surface area contributed by atoms with Crippen LogP contribution in [0.3, 0.4) is 0 Å². The molecule has 0 bridgehead atoms. The van der Waals surface area contributed by atoms with Crippen LogP contribution < -0.4 is 0 Å². The van der Waals surface area contributed by atoms with Crippen LogP contribution in [0.5, 0.6) is 0 Å². The zero-order valence-electron chi connectivity index (χ0n) is 26.3. The lowest BCUT2D eigenvalue weighted by Crippen LogP contribution is -2.00. The Bertz CT molecular complexity index is 2870. The lowest BCUT2D eigenvalue weighted by Gasteiger charge is -2.12. The van der Waals surface area contributed by atoms with Gasteiger partial charge in [-0.05, 0) is 55.6 Å². The van der Waals surface area contributed by atoms with Crippen LogP contribution in [-0.2, 0) is 0 Å². The van der Waals surface area contributed by atoms with Crippen LogP contribution in [0.2, 0.25) is 0 Å². The van der Waals surface area contributed by atoms with Crippen LogP contribution in [-0.4, -0.2) is 15.0 Å². The van der Waals surface area contributed by atoms with Gasteiger partial charge in [-0.15, -0.1) is 0 Å². The minimum Gasteiger partial charge on any atom is -0.456 e. The van der Waals surface area contributed by atoms with Gasteiger partial charge in [-0.2, -0.15) is 0 Å². The maximum Gasteiger partial charge on any atom is 0.164 e. The second-order valence-electron chi connectivity index (χ2n) is 12.4. The van der Waals surface area contributed by atoms with Crippen molar-refractivity contribution < 1.29 is 4.42 Å². The fraction of sp³-hybridized carbons (Fsp3) is 0. The molecule has 0 amide bonds. The fourth-order valence-electron chi connectivity index (χ4n) is 7.21. The van der Waals surface area contributed by atoms with Crippen LogP contribution >= 0.6 is 0 Å². The standard InChI is InChI=1S/C45H27N3O/c1-2-11-30(12-3-1)43-46-44(48-45(47-43)38-18-9-16-34-32-13-5-4-10-28(32)24-25-36(34)38)31-22-20-29(21-23-31)33-15-8-17-37-35(33)26-27-41-42(37)39-14-6-7-19-40(39)49-41/h1-27H. The summed E-state index contributed by atoms with van der Waals surface area (Å²) in [5.74, 6) is 1.93. The van der Waals surface area contributed by atoms with Crippen molar-refractivity contribution in [1.29, 1.82) is 0 Å². The van der Waals surface area contributed by atoms with Gasteiger partial charge in [-0.3, -0.25) is 0 Å². The van der Waals surface area contributed by atoms with Gasteiger partial charge in [0.15, 0.2) is 17.5 Å². The predicted octanol–water partition coefficient (Wildman–Crippen LogP) is 11.9. The Balaban J connectivity index is 1.11.